The maximum Gasteiger partial charge on any atom is 0.223 e. The number of nitrogens with zero attached hydrogens (tertiary/aromatic N) is 7. The quantitative estimate of drug-likeness (QED) is 0.504. The Labute approximate surface area is 178 Å². The highest BCUT2D eigenvalue weighted by Crippen LogP contribution is 2.23. The predicted octanol–water partition coefficient (Wildman–Crippen LogP) is 2.40. The number of rotatable bonds is 4. The number of carbonyl (C=O) groups is 1. The Morgan fingerprint density at radius 3 is 2.60 bits per heavy atom. The van der Waals surface area contributed by atoms with Crippen molar-refractivity contribution in [2.75, 3.05) is 33.2 Å². The highest BCUT2D eigenvalue weighted by atomic mass is 35.5. The lowest BCUT2D eigenvalue weighted by Gasteiger charge is -2.32. The van der Waals surface area contributed by atoms with Gasteiger partial charge in [-0.1, -0.05) is 23.7 Å². The third kappa shape index (κ3) is 3.53. The molecule has 8 nitrogen and oxygen atoms in total. The molecule has 4 aromatic rings. The van der Waals surface area contributed by atoms with E-state index in [1.807, 2.05) is 52.0 Å². The minimum atomic E-state index is 0.176. The minimum Gasteiger partial charge on any atom is -0.340 e. The summed E-state index contributed by atoms with van der Waals surface area (Å²) in [6, 6.07) is 9.58. The second-order valence-corrected chi connectivity index (χ2v) is 8.09. The second-order valence-electron chi connectivity index (χ2n) is 7.66. The van der Waals surface area contributed by atoms with Crippen LogP contribution in [-0.2, 0) is 11.2 Å². The molecule has 0 spiro atoms. The summed E-state index contributed by atoms with van der Waals surface area (Å²) < 4.78 is 3.74. The molecule has 9 heteroatoms. The first-order valence-electron chi connectivity index (χ1n) is 10.0. The van der Waals surface area contributed by atoms with Crippen LogP contribution in [0.15, 0.2) is 42.7 Å². The normalized spacial score (nSPS) is 15.3. The van der Waals surface area contributed by atoms with Gasteiger partial charge in [0.15, 0.2) is 5.65 Å². The van der Waals surface area contributed by atoms with Crippen molar-refractivity contribution in [1.82, 2.24) is 34.0 Å². The van der Waals surface area contributed by atoms with E-state index < -0.39 is 0 Å². The van der Waals surface area contributed by atoms with Gasteiger partial charge in [-0.15, -0.1) is 10.2 Å². The smallest absolute Gasteiger partial charge is 0.223 e. The Kier molecular flexibility index (Phi) is 4.88. The lowest BCUT2D eigenvalue weighted by Crippen LogP contribution is -2.47. The molecule has 1 aliphatic rings. The first-order valence-corrected chi connectivity index (χ1v) is 10.4. The number of aromatic nitrogens is 5. The van der Waals surface area contributed by atoms with Gasteiger partial charge in [-0.25, -0.2) is 4.52 Å². The molecule has 30 heavy (non-hydrogen) atoms. The van der Waals surface area contributed by atoms with Gasteiger partial charge in [-0.3, -0.25) is 9.20 Å². The van der Waals surface area contributed by atoms with E-state index in [9.17, 15) is 4.79 Å². The van der Waals surface area contributed by atoms with Crippen LogP contribution in [0.1, 0.15) is 12.2 Å². The highest BCUT2D eigenvalue weighted by Gasteiger charge is 2.20. The van der Waals surface area contributed by atoms with Gasteiger partial charge < -0.3 is 9.80 Å². The lowest BCUT2D eigenvalue weighted by molar-refractivity contribution is -0.132. The number of benzene rings is 1. The fourth-order valence-corrected chi connectivity index (χ4v) is 3.95. The van der Waals surface area contributed by atoms with E-state index in [-0.39, 0.29) is 5.91 Å². The van der Waals surface area contributed by atoms with E-state index in [2.05, 4.69) is 27.2 Å². The zero-order valence-electron chi connectivity index (χ0n) is 16.7. The number of piperazine rings is 1. The first-order chi connectivity index (χ1) is 14.6. The van der Waals surface area contributed by atoms with E-state index >= 15 is 0 Å². The molecule has 1 aromatic carbocycles. The van der Waals surface area contributed by atoms with E-state index in [1.54, 1.807) is 4.52 Å². The fourth-order valence-electron chi connectivity index (χ4n) is 3.82. The van der Waals surface area contributed by atoms with Gasteiger partial charge in [0, 0.05) is 62.0 Å². The van der Waals surface area contributed by atoms with Crippen molar-refractivity contribution in [3.8, 4) is 11.3 Å². The van der Waals surface area contributed by atoms with Crippen molar-refractivity contribution in [2.24, 2.45) is 0 Å². The van der Waals surface area contributed by atoms with Gasteiger partial charge in [-0.2, -0.15) is 5.10 Å². The van der Waals surface area contributed by atoms with Gasteiger partial charge in [0.2, 0.25) is 5.91 Å². The Balaban J connectivity index is 1.37. The molecule has 0 unspecified atom stereocenters. The third-order valence-corrected chi connectivity index (χ3v) is 5.90. The molecule has 1 amide bonds. The average molecular weight is 424 g/mol. The van der Waals surface area contributed by atoms with Gasteiger partial charge in [0.05, 0.1) is 5.69 Å². The number of hydrogen-bond donors (Lipinski definition) is 0. The monoisotopic (exact) mass is 423 g/mol. The van der Waals surface area contributed by atoms with Gasteiger partial charge in [-0.05, 0) is 25.2 Å². The number of likely N-dealkylation sites (N-methyl/N-ethyl adjacent to an activating group) is 1. The number of hydrogen-bond acceptors (Lipinski definition) is 5. The molecule has 4 heterocycles. The Hall–Kier alpha value is -2.97. The number of halogens is 1. The summed E-state index contributed by atoms with van der Waals surface area (Å²) in [6.07, 6.45) is 4.78. The summed E-state index contributed by atoms with van der Waals surface area (Å²) in [5.74, 6) is 0.958. The molecule has 0 aliphatic carbocycles. The molecule has 3 aromatic heterocycles. The molecule has 1 fully saturated rings. The van der Waals surface area contributed by atoms with E-state index in [0.29, 0.717) is 17.9 Å². The largest absolute Gasteiger partial charge is 0.340 e. The molecule has 5 rings (SSSR count). The third-order valence-electron chi connectivity index (χ3n) is 5.65. The SMILES string of the molecule is CN1CCN(C(=O)CCc2nnc3c4cc(-c5ccc(Cl)cc5)nn4ccn23)CC1. The summed E-state index contributed by atoms with van der Waals surface area (Å²) in [5, 5.41) is 14.0. The number of carbonyl (C=O) groups excluding carboxylic acids is 1. The predicted molar refractivity (Wildman–Crippen MR) is 115 cm³/mol. The Morgan fingerprint density at radius 1 is 1.07 bits per heavy atom. The molecule has 154 valence electrons. The van der Waals surface area contributed by atoms with Crippen molar-refractivity contribution in [3.05, 3.63) is 53.6 Å². The van der Waals surface area contributed by atoms with Gasteiger partial charge in [0.25, 0.3) is 0 Å². The van der Waals surface area contributed by atoms with Crippen LogP contribution in [-0.4, -0.2) is 73.1 Å². The van der Waals surface area contributed by atoms with Crippen LogP contribution in [0.3, 0.4) is 0 Å². The van der Waals surface area contributed by atoms with Crippen molar-refractivity contribution >= 4 is 28.7 Å². The standard InChI is InChI=1S/C21H22ClN7O/c1-26-8-10-27(11-9-26)20(30)7-6-19-23-24-21-18-14-17(15-2-4-16(22)5-3-15)25-29(18)13-12-28(19)21/h2-5,12-14H,6-11H2,1H3. The van der Waals surface area contributed by atoms with Crippen LogP contribution in [0.2, 0.25) is 5.02 Å². The van der Waals surface area contributed by atoms with Gasteiger partial charge >= 0.3 is 0 Å². The van der Waals surface area contributed by atoms with Crippen LogP contribution in [0.4, 0.5) is 0 Å². The van der Waals surface area contributed by atoms with Crippen LogP contribution in [0, 0.1) is 0 Å². The topological polar surface area (TPSA) is 71.0 Å². The molecule has 0 bridgehead atoms. The zero-order valence-corrected chi connectivity index (χ0v) is 17.5. The first kappa shape index (κ1) is 19.0. The molecule has 1 aliphatic heterocycles. The van der Waals surface area contributed by atoms with E-state index in [0.717, 1.165) is 54.4 Å². The summed E-state index contributed by atoms with van der Waals surface area (Å²) in [4.78, 5) is 16.7. The lowest BCUT2D eigenvalue weighted by atomic mass is 10.1. The van der Waals surface area contributed by atoms with Crippen molar-refractivity contribution < 1.29 is 4.79 Å². The van der Waals surface area contributed by atoms with Crippen LogP contribution >= 0.6 is 11.6 Å². The molecular weight excluding hydrogens is 402 g/mol. The Morgan fingerprint density at radius 2 is 1.83 bits per heavy atom. The number of aryl methyl sites for hydroxylation is 1. The summed E-state index contributed by atoms with van der Waals surface area (Å²) >= 11 is 5.99. The maximum absolute atomic E-state index is 12.6. The zero-order chi connectivity index (χ0) is 20.7. The summed E-state index contributed by atoms with van der Waals surface area (Å²) in [6.45, 7) is 3.43. The molecule has 0 saturated carbocycles. The highest BCUT2D eigenvalue weighted by molar-refractivity contribution is 6.30. The molecule has 0 radical (unpaired) electrons. The van der Waals surface area contributed by atoms with Gasteiger partial charge in [0.1, 0.15) is 11.3 Å². The van der Waals surface area contributed by atoms with Crippen LogP contribution in [0.25, 0.3) is 22.4 Å². The van der Waals surface area contributed by atoms with Crippen molar-refractivity contribution in [3.63, 3.8) is 0 Å². The summed E-state index contributed by atoms with van der Waals surface area (Å²) in [5.41, 5.74) is 3.42. The van der Waals surface area contributed by atoms with Crippen LogP contribution < -0.4 is 0 Å². The second kappa shape index (κ2) is 7.70. The van der Waals surface area contributed by atoms with E-state index in [4.69, 9.17) is 11.6 Å². The number of fused-ring (bicyclic) bond motifs is 3. The van der Waals surface area contributed by atoms with Crippen molar-refractivity contribution in [1.29, 1.82) is 0 Å². The summed E-state index contributed by atoms with van der Waals surface area (Å²) in [7, 11) is 2.08. The number of amides is 1. The minimum absolute atomic E-state index is 0.176. The Bertz CT molecular complexity index is 1210. The van der Waals surface area contributed by atoms with Crippen LogP contribution in [0.5, 0.6) is 0 Å². The molecular formula is C21H22ClN7O. The van der Waals surface area contributed by atoms with Crippen molar-refractivity contribution in [2.45, 2.75) is 12.8 Å². The average Bonchev–Trinajstić information content (AvgIpc) is 3.37. The maximum atomic E-state index is 12.6. The molecule has 0 atom stereocenters. The van der Waals surface area contributed by atoms with E-state index in [1.165, 1.54) is 0 Å². The molecule has 0 N–H and O–H groups in total. The molecule has 1 saturated heterocycles. The fraction of sp³-hybridized carbons (Fsp3) is 0.333.